The van der Waals surface area contributed by atoms with E-state index in [4.69, 9.17) is 0 Å². The van der Waals surface area contributed by atoms with Crippen LogP contribution in [-0.2, 0) is 10.2 Å². The van der Waals surface area contributed by atoms with Gasteiger partial charge in [-0.05, 0) is 44.5 Å². The highest BCUT2D eigenvalue weighted by molar-refractivity contribution is 5.91. The summed E-state index contributed by atoms with van der Waals surface area (Å²) < 4.78 is 12.9. The van der Waals surface area contributed by atoms with Crippen molar-refractivity contribution < 1.29 is 9.18 Å². The summed E-state index contributed by atoms with van der Waals surface area (Å²) >= 11 is 0. The van der Waals surface area contributed by atoms with Crippen molar-refractivity contribution in [3.63, 3.8) is 0 Å². The molecule has 1 fully saturated rings. The number of hydrogen-bond donors (Lipinski definition) is 2. The number of likely N-dealkylation sites (N-methyl/N-ethyl adjacent to an activating group) is 1. The van der Waals surface area contributed by atoms with Crippen molar-refractivity contribution in [1.29, 1.82) is 0 Å². The molecule has 2 rings (SSSR count). The lowest BCUT2D eigenvalue weighted by Gasteiger charge is -2.18. The molecule has 0 spiro atoms. The molecule has 0 aromatic heterocycles. The topological polar surface area (TPSA) is 41.1 Å². The molecule has 1 aromatic rings. The van der Waals surface area contributed by atoms with Crippen LogP contribution >= 0.6 is 12.4 Å². The predicted octanol–water partition coefficient (Wildman–Crippen LogP) is 2.00. The molecule has 2 N–H and O–H groups in total. The van der Waals surface area contributed by atoms with E-state index in [1.54, 1.807) is 12.1 Å². The van der Waals surface area contributed by atoms with Gasteiger partial charge in [0.1, 0.15) is 5.82 Å². The molecule has 1 aliphatic carbocycles. The van der Waals surface area contributed by atoms with Gasteiger partial charge in [-0.1, -0.05) is 12.1 Å². The van der Waals surface area contributed by atoms with Crippen molar-refractivity contribution >= 4 is 18.3 Å². The first-order valence-corrected chi connectivity index (χ1v) is 6.30. The normalized spacial score (nSPS) is 17.2. The Labute approximate surface area is 119 Å². The van der Waals surface area contributed by atoms with Gasteiger partial charge in [-0.15, -0.1) is 12.4 Å². The monoisotopic (exact) mass is 286 g/mol. The highest BCUT2D eigenvalue weighted by Gasteiger charge is 2.51. The average Bonchev–Trinajstić information content (AvgIpc) is 3.17. The smallest absolute Gasteiger partial charge is 0.230 e. The maximum atomic E-state index is 12.9. The molecule has 0 heterocycles. The zero-order chi connectivity index (χ0) is 13.2. The van der Waals surface area contributed by atoms with Crippen LogP contribution in [0.5, 0.6) is 0 Å². The lowest BCUT2D eigenvalue weighted by Crippen LogP contribution is -2.42. The summed E-state index contributed by atoms with van der Waals surface area (Å²) in [6.07, 6.45) is 1.69. The molecule has 1 atom stereocenters. The zero-order valence-electron chi connectivity index (χ0n) is 11.2. The van der Waals surface area contributed by atoms with Crippen LogP contribution in [0.15, 0.2) is 24.3 Å². The third-order valence-corrected chi connectivity index (χ3v) is 3.64. The third kappa shape index (κ3) is 3.45. The van der Waals surface area contributed by atoms with Gasteiger partial charge < -0.3 is 10.6 Å². The maximum Gasteiger partial charge on any atom is 0.230 e. The molecule has 1 unspecified atom stereocenters. The molecule has 1 saturated carbocycles. The summed E-state index contributed by atoms with van der Waals surface area (Å²) in [4.78, 5) is 12.2. The van der Waals surface area contributed by atoms with Gasteiger partial charge in [-0.25, -0.2) is 4.39 Å². The van der Waals surface area contributed by atoms with Crippen LogP contribution in [-0.4, -0.2) is 25.5 Å². The highest BCUT2D eigenvalue weighted by atomic mass is 35.5. The van der Waals surface area contributed by atoms with Crippen molar-refractivity contribution in [1.82, 2.24) is 10.6 Å². The molecule has 0 radical (unpaired) electrons. The Balaban J connectivity index is 0.00000180. The second-order valence-corrected chi connectivity index (χ2v) is 4.99. The number of carbonyl (C=O) groups excluding carboxylic acids is 1. The van der Waals surface area contributed by atoms with Crippen molar-refractivity contribution in [3.05, 3.63) is 35.6 Å². The summed E-state index contributed by atoms with van der Waals surface area (Å²) in [5.41, 5.74) is 0.500. The summed E-state index contributed by atoms with van der Waals surface area (Å²) in [5.74, 6) is -0.213. The van der Waals surface area contributed by atoms with E-state index in [1.165, 1.54) is 12.1 Å². The van der Waals surface area contributed by atoms with Crippen LogP contribution in [0.3, 0.4) is 0 Å². The van der Waals surface area contributed by atoms with E-state index >= 15 is 0 Å². The molecule has 5 heteroatoms. The minimum atomic E-state index is -0.416. The van der Waals surface area contributed by atoms with Gasteiger partial charge >= 0.3 is 0 Å². The molecule has 1 amide bonds. The van der Waals surface area contributed by atoms with Gasteiger partial charge in [0.2, 0.25) is 5.91 Å². The Bertz CT molecular complexity index is 432. The molecule has 1 aromatic carbocycles. The average molecular weight is 287 g/mol. The predicted molar refractivity (Wildman–Crippen MR) is 76.1 cm³/mol. The Hall–Kier alpha value is -1.13. The largest absolute Gasteiger partial charge is 0.354 e. The van der Waals surface area contributed by atoms with Crippen LogP contribution in [0.2, 0.25) is 0 Å². The lowest BCUT2D eigenvalue weighted by atomic mass is 9.95. The maximum absolute atomic E-state index is 12.9. The molecule has 19 heavy (non-hydrogen) atoms. The molecule has 0 saturated heterocycles. The number of nitrogens with one attached hydrogen (secondary N) is 2. The first kappa shape index (κ1) is 15.9. The van der Waals surface area contributed by atoms with Crippen LogP contribution in [0.4, 0.5) is 4.39 Å². The van der Waals surface area contributed by atoms with Crippen LogP contribution in [0.25, 0.3) is 0 Å². The highest BCUT2D eigenvalue weighted by Crippen LogP contribution is 2.48. The molecule has 1 aliphatic rings. The van der Waals surface area contributed by atoms with Crippen molar-refractivity contribution in [3.8, 4) is 0 Å². The summed E-state index contributed by atoms with van der Waals surface area (Å²) in [6, 6.07) is 6.50. The molecule has 106 valence electrons. The number of carbonyl (C=O) groups is 1. The third-order valence-electron chi connectivity index (χ3n) is 3.64. The Morgan fingerprint density at radius 3 is 2.42 bits per heavy atom. The number of amides is 1. The van der Waals surface area contributed by atoms with Crippen LogP contribution < -0.4 is 10.6 Å². The standard InChI is InChI=1S/C14H19FN2O.ClH/c1-10(16-2)9-17-13(18)14(7-8-14)11-3-5-12(15)6-4-11;/h3-6,10,16H,7-9H2,1-2H3,(H,17,18);1H. The number of halogens is 2. The number of benzene rings is 1. The minimum Gasteiger partial charge on any atom is -0.354 e. The van der Waals surface area contributed by atoms with Gasteiger partial charge in [0.05, 0.1) is 5.41 Å². The first-order valence-electron chi connectivity index (χ1n) is 6.30. The molecule has 3 nitrogen and oxygen atoms in total. The SMILES string of the molecule is CNC(C)CNC(=O)C1(c2ccc(F)cc2)CC1.Cl. The minimum absolute atomic E-state index is 0. The summed E-state index contributed by atoms with van der Waals surface area (Å²) in [5, 5.41) is 6.03. The van der Waals surface area contributed by atoms with Crippen molar-refractivity contribution in [2.75, 3.05) is 13.6 Å². The quantitative estimate of drug-likeness (QED) is 0.869. The fourth-order valence-corrected chi connectivity index (χ4v) is 2.06. The van der Waals surface area contributed by atoms with E-state index in [0.717, 1.165) is 18.4 Å². The van der Waals surface area contributed by atoms with Gasteiger partial charge in [-0.2, -0.15) is 0 Å². The molecule has 0 aliphatic heterocycles. The van der Waals surface area contributed by atoms with E-state index in [0.29, 0.717) is 6.54 Å². The summed E-state index contributed by atoms with van der Waals surface area (Å²) in [6.45, 7) is 2.62. The Morgan fingerprint density at radius 2 is 1.95 bits per heavy atom. The fraction of sp³-hybridized carbons (Fsp3) is 0.500. The van der Waals surface area contributed by atoms with Gasteiger partial charge in [0.25, 0.3) is 0 Å². The van der Waals surface area contributed by atoms with E-state index in [2.05, 4.69) is 10.6 Å². The van der Waals surface area contributed by atoms with Crippen LogP contribution in [0, 0.1) is 5.82 Å². The first-order chi connectivity index (χ1) is 8.58. The van der Waals surface area contributed by atoms with Crippen molar-refractivity contribution in [2.24, 2.45) is 0 Å². The number of rotatable bonds is 5. The van der Waals surface area contributed by atoms with E-state index < -0.39 is 5.41 Å². The fourth-order valence-electron chi connectivity index (χ4n) is 2.06. The van der Waals surface area contributed by atoms with Crippen molar-refractivity contribution in [2.45, 2.75) is 31.2 Å². The second kappa shape index (κ2) is 6.35. The van der Waals surface area contributed by atoms with E-state index in [9.17, 15) is 9.18 Å². The van der Waals surface area contributed by atoms with Gasteiger partial charge in [0.15, 0.2) is 0 Å². The lowest BCUT2D eigenvalue weighted by molar-refractivity contribution is -0.123. The summed E-state index contributed by atoms with van der Waals surface area (Å²) in [7, 11) is 1.86. The molecular weight excluding hydrogens is 267 g/mol. The van der Waals surface area contributed by atoms with E-state index in [-0.39, 0.29) is 30.2 Å². The molecular formula is C14H20ClFN2O. The second-order valence-electron chi connectivity index (χ2n) is 4.99. The zero-order valence-corrected chi connectivity index (χ0v) is 12.0. The van der Waals surface area contributed by atoms with E-state index in [1.807, 2.05) is 14.0 Å². The van der Waals surface area contributed by atoms with Gasteiger partial charge in [-0.3, -0.25) is 4.79 Å². The van der Waals surface area contributed by atoms with Crippen LogP contribution in [0.1, 0.15) is 25.3 Å². The molecule has 0 bridgehead atoms. The number of hydrogen-bond acceptors (Lipinski definition) is 2. The Morgan fingerprint density at radius 1 is 1.37 bits per heavy atom. The van der Waals surface area contributed by atoms with Gasteiger partial charge in [0, 0.05) is 12.6 Å². The Kier molecular flexibility index (Phi) is 5.32.